The molecule has 1 saturated heterocycles. The molecule has 10 heteroatoms. The van der Waals surface area contributed by atoms with Crippen LogP contribution in [0.5, 0.6) is 0 Å². The highest BCUT2D eigenvalue weighted by Gasteiger charge is 2.51. The maximum atomic E-state index is 13.0. The van der Waals surface area contributed by atoms with Crippen LogP contribution in [0.15, 0.2) is 61.1 Å². The standard InChI is InChI=1S/C25H24N4O6/c30-22(29-12-25(34,13-29)23(31)32)21(9-15-10-26-14-27-15)28-24(33)35-11-20-18-7-3-1-5-16(18)17-6-2-4-8-19(17)20/h1-8,10,14,20-21,34H,9,11-13H2,(H,26,27)(H,28,33)(H,31,32)/t21-/m0/s1. The zero-order chi connectivity index (χ0) is 24.6. The van der Waals surface area contributed by atoms with E-state index in [1.165, 1.54) is 17.4 Å². The van der Waals surface area contributed by atoms with Gasteiger partial charge in [-0.1, -0.05) is 48.5 Å². The fourth-order valence-electron chi connectivity index (χ4n) is 4.70. The third kappa shape index (κ3) is 4.24. The van der Waals surface area contributed by atoms with Crippen molar-refractivity contribution in [2.24, 2.45) is 0 Å². The van der Waals surface area contributed by atoms with Crippen LogP contribution in [0.2, 0.25) is 0 Å². The van der Waals surface area contributed by atoms with E-state index >= 15 is 0 Å². The van der Waals surface area contributed by atoms with E-state index in [4.69, 9.17) is 9.84 Å². The second kappa shape index (κ2) is 8.88. The van der Waals surface area contributed by atoms with Gasteiger partial charge in [-0.25, -0.2) is 14.6 Å². The minimum Gasteiger partial charge on any atom is -0.479 e. The minimum atomic E-state index is -1.97. The first kappa shape index (κ1) is 22.6. The Balaban J connectivity index is 1.27. The largest absolute Gasteiger partial charge is 0.479 e. The smallest absolute Gasteiger partial charge is 0.407 e. The summed E-state index contributed by atoms with van der Waals surface area (Å²) in [5.41, 5.74) is 2.98. The maximum Gasteiger partial charge on any atom is 0.407 e. The summed E-state index contributed by atoms with van der Waals surface area (Å²) < 4.78 is 5.56. The molecule has 2 aromatic carbocycles. The summed E-state index contributed by atoms with van der Waals surface area (Å²) in [6.07, 6.45) is 2.32. The van der Waals surface area contributed by atoms with Crippen molar-refractivity contribution in [2.75, 3.05) is 19.7 Å². The van der Waals surface area contributed by atoms with Gasteiger partial charge in [0.1, 0.15) is 12.6 Å². The molecule has 0 radical (unpaired) electrons. The molecule has 0 unspecified atom stereocenters. The average molecular weight is 476 g/mol. The van der Waals surface area contributed by atoms with Crippen LogP contribution in [0.1, 0.15) is 22.7 Å². The highest BCUT2D eigenvalue weighted by Crippen LogP contribution is 2.44. The number of nitrogens with one attached hydrogen (secondary N) is 2. The van der Waals surface area contributed by atoms with Crippen LogP contribution in [0.3, 0.4) is 0 Å². The van der Waals surface area contributed by atoms with E-state index in [1.807, 2.05) is 48.5 Å². The summed E-state index contributed by atoms with van der Waals surface area (Å²) in [6.45, 7) is -0.618. The first-order valence-corrected chi connectivity index (χ1v) is 11.2. The lowest BCUT2D eigenvalue weighted by molar-refractivity contribution is -0.182. The van der Waals surface area contributed by atoms with Crippen LogP contribution in [-0.2, 0) is 20.7 Å². The number of aliphatic carboxylic acids is 1. The molecule has 4 N–H and O–H groups in total. The van der Waals surface area contributed by atoms with Crippen molar-refractivity contribution in [1.29, 1.82) is 0 Å². The number of β-amino-alcohol motifs (C(OH)–C–C–N with tert-alkyl or cyclic N) is 1. The molecule has 1 aliphatic carbocycles. The van der Waals surface area contributed by atoms with Crippen molar-refractivity contribution in [3.05, 3.63) is 77.9 Å². The number of rotatable bonds is 7. The Morgan fingerprint density at radius 3 is 2.31 bits per heavy atom. The Bertz CT molecular complexity index is 1220. The molecule has 2 amide bonds. The maximum absolute atomic E-state index is 13.0. The molecular formula is C25H24N4O6. The summed E-state index contributed by atoms with van der Waals surface area (Å²) in [7, 11) is 0. The van der Waals surface area contributed by atoms with E-state index in [0.717, 1.165) is 22.3 Å². The molecule has 1 atom stereocenters. The number of carbonyl (C=O) groups is 3. The summed E-state index contributed by atoms with van der Waals surface area (Å²) in [6, 6.07) is 14.9. The van der Waals surface area contributed by atoms with Crippen LogP contribution in [-0.4, -0.2) is 74.4 Å². The van der Waals surface area contributed by atoms with Gasteiger partial charge in [0, 0.05) is 24.2 Å². The molecular weight excluding hydrogens is 452 g/mol. The van der Waals surface area contributed by atoms with Crippen LogP contribution >= 0.6 is 0 Å². The second-order valence-electron chi connectivity index (χ2n) is 8.83. The van der Waals surface area contributed by atoms with Crippen LogP contribution in [0.25, 0.3) is 11.1 Å². The first-order chi connectivity index (χ1) is 16.9. The lowest BCUT2D eigenvalue weighted by Crippen LogP contribution is -2.69. The van der Waals surface area contributed by atoms with Gasteiger partial charge in [0.2, 0.25) is 5.91 Å². The number of likely N-dealkylation sites (tertiary alicyclic amines) is 1. The lowest BCUT2D eigenvalue weighted by atomic mass is 9.93. The summed E-state index contributed by atoms with van der Waals surface area (Å²) in [4.78, 5) is 44.9. The Kier molecular flexibility index (Phi) is 5.73. The van der Waals surface area contributed by atoms with Crippen molar-refractivity contribution in [1.82, 2.24) is 20.2 Å². The van der Waals surface area contributed by atoms with Crippen molar-refractivity contribution < 1.29 is 29.3 Å². The van der Waals surface area contributed by atoms with Crippen molar-refractivity contribution in [3.63, 3.8) is 0 Å². The zero-order valence-electron chi connectivity index (χ0n) is 18.7. The number of benzene rings is 2. The van der Waals surface area contributed by atoms with E-state index in [0.29, 0.717) is 5.69 Å². The number of aliphatic hydroxyl groups is 1. The van der Waals surface area contributed by atoms with E-state index < -0.39 is 29.6 Å². The third-order valence-corrected chi connectivity index (χ3v) is 6.53. The number of amides is 2. The van der Waals surface area contributed by atoms with Gasteiger partial charge in [0.15, 0.2) is 5.60 Å². The number of hydrogen-bond donors (Lipinski definition) is 4. The van der Waals surface area contributed by atoms with Gasteiger partial charge in [-0.2, -0.15) is 0 Å². The molecule has 35 heavy (non-hydrogen) atoms. The van der Waals surface area contributed by atoms with Crippen molar-refractivity contribution >= 4 is 18.0 Å². The molecule has 0 spiro atoms. The fourth-order valence-corrected chi connectivity index (χ4v) is 4.70. The molecule has 180 valence electrons. The zero-order valence-corrected chi connectivity index (χ0v) is 18.7. The fraction of sp³-hybridized carbons (Fsp3) is 0.280. The number of aromatic nitrogens is 2. The predicted octanol–water partition coefficient (Wildman–Crippen LogP) is 1.52. The Labute approximate surface area is 200 Å². The summed E-state index contributed by atoms with van der Waals surface area (Å²) in [5.74, 6) is -2.04. The molecule has 10 nitrogen and oxygen atoms in total. The van der Waals surface area contributed by atoms with Crippen LogP contribution < -0.4 is 5.32 Å². The number of nitrogens with zero attached hydrogens (tertiary/aromatic N) is 2. The van der Waals surface area contributed by atoms with E-state index in [-0.39, 0.29) is 32.0 Å². The van der Waals surface area contributed by atoms with Gasteiger partial charge >= 0.3 is 12.1 Å². The molecule has 2 heterocycles. The van der Waals surface area contributed by atoms with Gasteiger partial charge in [0.25, 0.3) is 0 Å². The van der Waals surface area contributed by atoms with E-state index in [2.05, 4.69) is 15.3 Å². The van der Waals surface area contributed by atoms with Crippen molar-refractivity contribution in [3.8, 4) is 11.1 Å². The van der Waals surface area contributed by atoms with Gasteiger partial charge in [0.05, 0.1) is 19.4 Å². The molecule has 1 fully saturated rings. The number of carboxylic acid groups (broad SMARTS) is 1. The third-order valence-electron chi connectivity index (χ3n) is 6.53. The molecule has 2 aliphatic rings. The SMILES string of the molecule is O=C(N[C@@H](Cc1cnc[nH]1)C(=O)N1CC(O)(C(=O)O)C1)OCC1c2ccccc2-c2ccccc21. The van der Waals surface area contributed by atoms with Gasteiger partial charge in [-0.15, -0.1) is 0 Å². The molecule has 0 bridgehead atoms. The predicted molar refractivity (Wildman–Crippen MR) is 123 cm³/mol. The Morgan fingerprint density at radius 1 is 1.11 bits per heavy atom. The number of carbonyl (C=O) groups excluding carboxylic acids is 2. The lowest BCUT2D eigenvalue weighted by Gasteiger charge is -2.44. The van der Waals surface area contributed by atoms with E-state index in [1.54, 1.807) is 0 Å². The highest BCUT2D eigenvalue weighted by molar-refractivity contribution is 5.90. The number of ether oxygens (including phenoxy) is 1. The Morgan fingerprint density at radius 2 is 1.74 bits per heavy atom. The number of imidazole rings is 1. The molecule has 1 aromatic heterocycles. The molecule has 0 saturated carbocycles. The van der Waals surface area contributed by atoms with Gasteiger partial charge < -0.3 is 30.2 Å². The molecule has 1 aliphatic heterocycles. The Hall–Kier alpha value is -4.18. The molecule has 3 aromatic rings. The van der Waals surface area contributed by atoms with Gasteiger partial charge in [-0.05, 0) is 22.3 Å². The first-order valence-electron chi connectivity index (χ1n) is 11.2. The van der Waals surface area contributed by atoms with Crippen molar-refractivity contribution in [2.45, 2.75) is 24.0 Å². The van der Waals surface area contributed by atoms with Gasteiger partial charge in [-0.3, -0.25) is 4.79 Å². The number of H-pyrrole nitrogens is 1. The number of carboxylic acids is 1. The normalized spacial score (nSPS) is 16.5. The van der Waals surface area contributed by atoms with E-state index in [9.17, 15) is 19.5 Å². The summed E-state index contributed by atoms with van der Waals surface area (Å²) in [5, 5.41) is 21.7. The quantitative estimate of drug-likeness (QED) is 0.405. The summed E-state index contributed by atoms with van der Waals surface area (Å²) >= 11 is 0. The molecule has 5 rings (SSSR count). The number of aromatic amines is 1. The average Bonchev–Trinajstić information content (AvgIpc) is 3.46. The second-order valence-corrected chi connectivity index (χ2v) is 8.83. The van der Waals surface area contributed by atoms with Crippen LogP contribution in [0.4, 0.5) is 4.79 Å². The number of alkyl carbamates (subject to hydrolysis) is 1. The number of hydrogen-bond acceptors (Lipinski definition) is 6. The van der Waals surface area contributed by atoms with Crippen LogP contribution in [0, 0.1) is 0 Å². The topological polar surface area (TPSA) is 145 Å². The minimum absolute atomic E-state index is 0.0906. The monoisotopic (exact) mass is 476 g/mol. The highest BCUT2D eigenvalue weighted by atomic mass is 16.5. The number of fused-ring (bicyclic) bond motifs is 3.